The zero-order chi connectivity index (χ0) is 12.3. The molecule has 0 spiro atoms. The van der Waals surface area contributed by atoms with E-state index in [1.165, 1.54) is 32.1 Å². The van der Waals surface area contributed by atoms with Gasteiger partial charge in [-0.3, -0.25) is 0 Å². The standard InChI is InChI=1S/C15H29NO/c1-12-8-14(10-15(2,3)9-12)16-6-7-17-11-13-4-5-13/h12-14,16H,4-11H2,1-3H3. The Labute approximate surface area is 107 Å². The van der Waals surface area contributed by atoms with Crippen molar-refractivity contribution in [1.29, 1.82) is 0 Å². The Morgan fingerprint density at radius 2 is 2.00 bits per heavy atom. The van der Waals surface area contributed by atoms with E-state index in [2.05, 4.69) is 26.1 Å². The van der Waals surface area contributed by atoms with Crippen LogP contribution in [-0.2, 0) is 4.74 Å². The van der Waals surface area contributed by atoms with Crippen LogP contribution in [0.4, 0.5) is 0 Å². The first kappa shape index (κ1) is 13.4. The van der Waals surface area contributed by atoms with Crippen LogP contribution in [0.25, 0.3) is 0 Å². The Morgan fingerprint density at radius 3 is 2.65 bits per heavy atom. The van der Waals surface area contributed by atoms with Crippen LogP contribution in [0.3, 0.4) is 0 Å². The zero-order valence-corrected chi connectivity index (χ0v) is 11.8. The van der Waals surface area contributed by atoms with Gasteiger partial charge in [0.15, 0.2) is 0 Å². The summed E-state index contributed by atoms with van der Waals surface area (Å²) in [6.07, 6.45) is 6.82. The summed E-state index contributed by atoms with van der Waals surface area (Å²) in [5.41, 5.74) is 0.518. The smallest absolute Gasteiger partial charge is 0.0591 e. The first-order valence-electron chi connectivity index (χ1n) is 7.36. The molecule has 0 aromatic rings. The second-order valence-corrected chi connectivity index (χ2v) is 7.08. The predicted molar refractivity (Wildman–Crippen MR) is 72.1 cm³/mol. The molecule has 2 nitrogen and oxygen atoms in total. The van der Waals surface area contributed by atoms with Gasteiger partial charge in [0.2, 0.25) is 0 Å². The van der Waals surface area contributed by atoms with Gasteiger partial charge in [0.05, 0.1) is 6.61 Å². The molecule has 0 aromatic heterocycles. The third-order valence-corrected chi connectivity index (χ3v) is 4.12. The Hall–Kier alpha value is -0.0800. The highest BCUT2D eigenvalue weighted by atomic mass is 16.5. The van der Waals surface area contributed by atoms with Crippen LogP contribution in [0.5, 0.6) is 0 Å². The van der Waals surface area contributed by atoms with Crippen LogP contribution in [0.2, 0.25) is 0 Å². The second kappa shape index (κ2) is 5.71. The summed E-state index contributed by atoms with van der Waals surface area (Å²) in [6, 6.07) is 0.707. The Morgan fingerprint density at radius 1 is 1.24 bits per heavy atom. The largest absolute Gasteiger partial charge is 0.380 e. The van der Waals surface area contributed by atoms with Gasteiger partial charge in [-0.25, -0.2) is 0 Å². The molecule has 2 atom stereocenters. The van der Waals surface area contributed by atoms with E-state index >= 15 is 0 Å². The monoisotopic (exact) mass is 239 g/mol. The van der Waals surface area contributed by atoms with Crippen LogP contribution in [-0.4, -0.2) is 25.8 Å². The molecule has 2 heteroatoms. The van der Waals surface area contributed by atoms with Gasteiger partial charge in [-0.15, -0.1) is 0 Å². The molecular weight excluding hydrogens is 210 g/mol. The van der Waals surface area contributed by atoms with Crippen molar-refractivity contribution in [1.82, 2.24) is 5.32 Å². The lowest BCUT2D eigenvalue weighted by Crippen LogP contribution is -2.41. The molecule has 0 bridgehead atoms. The van der Waals surface area contributed by atoms with E-state index in [1.807, 2.05) is 0 Å². The fourth-order valence-electron chi connectivity index (χ4n) is 3.37. The SMILES string of the molecule is CC1CC(NCCOCC2CC2)CC(C)(C)C1. The average molecular weight is 239 g/mol. The van der Waals surface area contributed by atoms with Crippen molar-refractivity contribution in [3.8, 4) is 0 Å². The molecule has 17 heavy (non-hydrogen) atoms. The molecule has 2 fully saturated rings. The predicted octanol–water partition coefficient (Wildman–Crippen LogP) is 3.22. The van der Waals surface area contributed by atoms with E-state index in [-0.39, 0.29) is 0 Å². The van der Waals surface area contributed by atoms with Gasteiger partial charge in [-0.2, -0.15) is 0 Å². The molecular formula is C15H29NO. The van der Waals surface area contributed by atoms with Gasteiger partial charge in [0.25, 0.3) is 0 Å². The van der Waals surface area contributed by atoms with E-state index in [0.717, 1.165) is 31.6 Å². The van der Waals surface area contributed by atoms with Crippen molar-refractivity contribution in [2.75, 3.05) is 19.8 Å². The van der Waals surface area contributed by atoms with Crippen molar-refractivity contribution >= 4 is 0 Å². The fraction of sp³-hybridized carbons (Fsp3) is 1.00. The molecule has 1 N–H and O–H groups in total. The van der Waals surface area contributed by atoms with E-state index < -0.39 is 0 Å². The minimum absolute atomic E-state index is 0.518. The van der Waals surface area contributed by atoms with Crippen molar-refractivity contribution in [2.24, 2.45) is 17.3 Å². The van der Waals surface area contributed by atoms with Crippen molar-refractivity contribution in [3.63, 3.8) is 0 Å². The summed E-state index contributed by atoms with van der Waals surface area (Å²) in [6.45, 7) is 10.1. The quantitative estimate of drug-likeness (QED) is 0.719. The molecule has 2 unspecified atom stereocenters. The summed E-state index contributed by atoms with van der Waals surface area (Å²) in [5, 5.41) is 3.68. The lowest BCUT2D eigenvalue weighted by atomic mass is 9.70. The number of rotatable bonds is 6. The van der Waals surface area contributed by atoms with E-state index in [0.29, 0.717) is 11.5 Å². The normalized spacial score (nSPS) is 32.6. The van der Waals surface area contributed by atoms with Crippen LogP contribution >= 0.6 is 0 Å². The number of ether oxygens (including phenoxy) is 1. The van der Waals surface area contributed by atoms with Gasteiger partial charge < -0.3 is 10.1 Å². The summed E-state index contributed by atoms with van der Waals surface area (Å²) >= 11 is 0. The van der Waals surface area contributed by atoms with E-state index in [1.54, 1.807) is 0 Å². The highest BCUT2D eigenvalue weighted by Gasteiger charge is 2.31. The van der Waals surface area contributed by atoms with Crippen LogP contribution in [0.1, 0.15) is 52.9 Å². The van der Waals surface area contributed by atoms with Gasteiger partial charge >= 0.3 is 0 Å². The number of hydrogen-bond donors (Lipinski definition) is 1. The maximum Gasteiger partial charge on any atom is 0.0591 e. The fourth-order valence-corrected chi connectivity index (χ4v) is 3.37. The summed E-state index contributed by atoms with van der Waals surface area (Å²) in [4.78, 5) is 0. The van der Waals surface area contributed by atoms with Crippen LogP contribution in [0, 0.1) is 17.3 Å². The lowest BCUT2D eigenvalue weighted by Gasteiger charge is -2.39. The van der Waals surface area contributed by atoms with Gasteiger partial charge in [-0.05, 0) is 49.4 Å². The van der Waals surface area contributed by atoms with E-state index in [4.69, 9.17) is 4.74 Å². The van der Waals surface area contributed by atoms with Gasteiger partial charge in [0, 0.05) is 19.2 Å². The third-order valence-electron chi connectivity index (χ3n) is 4.12. The topological polar surface area (TPSA) is 21.3 Å². The number of hydrogen-bond acceptors (Lipinski definition) is 2. The minimum atomic E-state index is 0.518. The maximum absolute atomic E-state index is 5.66. The molecule has 2 rings (SSSR count). The molecule has 0 saturated heterocycles. The number of nitrogens with one attached hydrogen (secondary N) is 1. The van der Waals surface area contributed by atoms with E-state index in [9.17, 15) is 0 Å². The molecule has 100 valence electrons. The van der Waals surface area contributed by atoms with Crippen molar-refractivity contribution in [2.45, 2.75) is 58.9 Å². The molecule has 2 aliphatic rings. The van der Waals surface area contributed by atoms with Gasteiger partial charge in [-0.1, -0.05) is 20.8 Å². The maximum atomic E-state index is 5.66. The highest BCUT2D eigenvalue weighted by molar-refractivity contribution is 4.86. The first-order valence-corrected chi connectivity index (χ1v) is 7.36. The van der Waals surface area contributed by atoms with Crippen LogP contribution < -0.4 is 5.32 Å². The summed E-state index contributed by atoms with van der Waals surface area (Å²) in [7, 11) is 0. The molecule has 2 saturated carbocycles. The summed E-state index contributed by atoms with van der Waals surface area (Å²) in [5.74, 6) is 1.76. The third kappa shape index (κ3) is 4.97. The molecule has 0 radical (unpaired) electrons. The molecule has 2 aliphatic carbocycles. The minimum Gasteiger partial charge on any atom is -0.380 e. The Kier molecular flexibility index (Phi) is 4.48. The molecule has 0 aromatic carbocycles. The van der Waals surface area contributed by atoms with Crippen LogP contribution in [0.15, 0.2) is 0 Å². The first-order chi connectivity index (χ1) is 8.05. The highest BCUT2D eigenvalue weighted by Crippen LogP contribution is 2.38. The average Bonchev–Trinajstić information content (AvgIpc) is 2.97. The van der Waals surface area contributed by atoms with Crippen molar-refractivity contribution < 1.29 is 4.74 Å². The second-order valence-electron chi connectivity index (χ2n) is 7.08. The summed E-state index contributed by atoms with van der Waals surface area (Å²) < 4.78 is 5.66. The van der Waals surface area contributed by atoms with Gasteiger partial charge in [0.1, 0.15) is 0 Å². The van der Waals surface area contributed by atoms with Crippen molar-refractivity contribution in [3.05, 3.63) is 0 Å². The zero-order valence-electron chi connectivity index (χ0n) is 11.8. The Balaban J connectivity index is 1.57. The molecule has 0 aliphatic heterocycles. The Bertz CT molecular complexity index is 235. The molecule has 0 heterocycles. The lowest BCUT2D eigenvalue weighted by molar-refractivity contribution is 0.110. The molecule has 0 amide bonds.